The molecule has 0 radical (unpaired) electrons. The predicted octanol–water partition coefficient (Wildman–Crippen LogP) is 2.84. The van der Waals surface area contributed by atoms with Crippen LogP contribution in [0.25, 0.3) is 0 Å². The van der Waals surface area contributed by atoms with Gasteiger partial charge in [0.05, 0.1) is 11.3 Å². The molecule has 1 saturated heterocycles. The summed E-state index contributed by atoms with van der Waals surface area (Å²) in [5.41, 5.74) is 0.797. The van der Waals surface area contributed by atoms with Crippen molar-refractivity contribution in [3.63, 3.8) is 0 Å². The first-order valence-electron chi connectivity index (χ1n) is 7.42. The van der Waals surface area contributed by atoms with E-state index < -0.39 is 11.8 Å². The molecule has 0 aromatic heterocycles. The molecule has 24 heavy (non-hydrogen) atoms. The van der Waals surface area contributed by atoms with Crippen molar-refractivity contribution in [1.29, 1.82) is 0 Å². The molecule has 1 aliphatic rings. The number of nitrogens with zero attached hydrogens (tertiary/aromatic N) is 1. The minimum absolute atomic E-state index is 0.167. The van der Waals surface area contributed by atoms with E-state index in [0.717, 1.165) is 4.90 Å². The standard InChI is InChI=1S/C18H14FNO4/c19-15-7-2-1-4-13(15)11-24-18(23)12-5-3-6-14(10-12)20-16(21)8-9-17(20)22/h1-7,10H,8-9,11H2. The Morgan fingerprint density at radius 1 is 1.04 bits per heavy atom. The molecular weight excluding hydrogens is 313 g/mol. The van der Waals surface area contributed by atoms with Crippen LogP contribution >= 0.6 is 0 Å². The van der Waals surface area contributed by atoms with Gasteiger partial charge in [-0.05, 0) is 24.3 Å². The molecule has 1 fully saturated rings. The van der Waals surface area contributed by atoms with Gasteiger partial charge in [0.25, 0.3) is 0 Å². The molecule has 122 valence electrons. The highest BCUT2D eigenvalue weighted by Crippen LogP contribution is 2.23. The van der Waals surface area contributed by atoms with E-state index in [4.69, 9.17) is 4.74 Å². The summed E-state index contributed by atoms with van der Waals surface area (Å²) >= 11 is 0. The fourth-order valence-electron chi connectivity index (χ4n) is 2.48. The monoisotopic (exact) mass is 327 g/mol. The van der Waals surface area contributed by atoms with Gasteiger partial charge in [-0.1, -0.05) is 24.3 Å². The van der Waals surface area contributed by atoms with E-state index in [1.54, 1.807) is 24.3 Å². The topological polar surface area (TPSA) is 63.7 Å². The molecule has 1 heterocycles. The van der Waals surface area contributed by atoms with Gasteiger partial charge in [-0.2, -0.15) is 0 Å². The van der Waals surface area contributed by atoms with Crippen LogP contribution in [0.15, 0.2) is 48.5 Å². The van der Waals surface area contributed by atoms with Crippen LogP contribution in [-0.2, 0) is 20.9 Å². The second-order valence-electron chi connectivity index (χ2n) is 5.34. The van der Waals surface area contributed by atoms with E-state index in [1.165, 1.54) is 24.3 Å². The minimum atomic E-state index is -0.654. The van der Waals surface area contributed by atoms with Gasteiger partial charge in [-0.25, -0.2) is 9.18 Å². The first-order valence-corrected chi connectivity index (χ1v) is 7.42. The van der Waals surface area contributed by atoms with E-state index >= 15 is 0 Å². The van der Waals surface area contributed by atoms with Crippen LogP contribution in [-0.4, -0.2) is 17.8 Å². The van der Waals surface area contributed by atoms with Gasteiger partial charge < -0.3 is 4.74 Å². The highest BCUT2D eigenvalue weighted by molar-refractivity contribution is 6.20. The lowest BCUT2D eigenvalue weighted by molar-refractivity contribution is -0.121. The van der Waals surface area contributed by atoms with Crippen LogP contribution in [0.2, 0.25) is 0 Å². The number of carbonyl (C=O) groups is 3. The molecule has 0 N–H and O–H groups in total. The minimum Gasteiger partial charge on any atom is -0.457 e. The Balaban J connectivity index is 1.74. The summed E-state index contributed by atoms with van der Waals surface area (Å²) in [4.78, 5) is 36.7. The van der Waals surface area contributed by atoms with Crippen LogP contribution in [0.5, 0.6) is 0 Å². The van der Waals surface area contributed by atoms with Crippen molar-refractivity contribution in [2.24, 2.45) is 0 Å². The molecule has 0 bridgehead atoms. The molecule has 6 heteroatoms. The van der Waals surface area contributed by atoms with Gasteiger partial charge in [-0.15, -0.1) is 0 Å². The molecule has 1 aliphatic heterocycles. The molecule has 0 unspecified atom stereocenters. The summed E-state index contributed by atoms with van der Waals surface area (Å²) in [6, 6.07) is 12.1. The second-order valence-corrected chi connectivity index (χ2v) is 5.34. The number of anilines is 1. The predicted molar refractivity (Wildman–Crippen MR) is 83.7 cm³/mol. The SMILES string of the molecule is O=C(OCc1ccccc1F)c1cccc(N2C(=O)CCC2=O)c1. The van der Waals surface area contributed by atoms with Crippen molar-refractivity contribution in [3.8, 4) is 0 Å². The quantitative estimate of drug-likeness (QED) is 0.640. The Labute approximate surface area is 137 Å². The normalized spacial score (nSPS) is 14.1. The van der Waals surface area contributed by atoms with Gasteiger partial charge >= 0.3 is 5.97 Å². The van der Waals surface area contributed by atoms with Crippen molar-refractivity contribution >= 4 is 23.5 Å². The summed E-state index contributed by atoms with van der Waals surface area (Å²) in [6.45, 7) is -0.197. The lowest BCUT2D eigenvalue weighted by Crippen LogP contribution is -2.28. The van der Waals surface area contributed by atoms with Gasteiger partial charge in [-0.3, -0.25) is 14.5 Å². The number of carbonyl (C=O) groups excluding carboxylic acids is 3. The Kier molecular flexibility index (Phi) is 4.37. The lowest BCUT2D eigenvalue weighted by atomic mass is 10.2. The van der Waals surface area contributed by atoms with Crippen molar-refractivity contribution in [2.45, 2.75) is 19.4 Å². The number of imide groups is 1. The number of amides is 2. The van der Waals surface area contributed by atoms with Crippen LogP contribution in [0.4, 0.5) is 10.1 Å². The van der Waals surface area contributed by atoms with Gasteiger partial charge in [0, 0.05) is 18.4 Å². The fraction of sp³-hybridized carbons (Fsp3) is 0.167. The third kappa shape index (κ3) is 3.17. The molecule has 2 aromatic carbocycles. The highest BCUT2D eigenvalue weighted by Gasteiger charge is 2.30. The summed E-state index contributed by atoms with van der Waals surface area (Å²) in [5, 5.41) is 0. The number of benzene rings is 2. The average Bonchev–Trinajstić information content (AvgIpc) is 2.92. The van der Waals surface area contributed by atoms with Crippen LogP contribution in [0.3, 0.4) is 0 Å². The maximum Gasteiger partial charge on any atom is 0.338 e. The maximum atomic E-state index is 13.5. The zero-order valence-corrected chi connectivity index (χ0v) is 12.7. The Morgan fingerprint density at radius 3 is 2.46 bits per heavy atom. The van der Waals surface area contributed by atoms with Crippen molar-refractivity contribution < 1.29 is 23.5 Å². The van der Waals surface area contributed by atoms with E-state index in [2.05, 4.69) is 0 Å². The zero-order valence-electron chi connectivity index (χ0n) is 12.7. The highest BCUT2D eigenvalue weighted by atomic mass is 19.1. The lowest BCUT2D eigenvalue weighted by Gasteiger charge is -2.14. The Hall–Kier alpha value is -3.02. The third-order valence-electron chi connectivity index (χ3n) is 3.71. The largest absolute Gasteiger partial charge is 0.457 e. The van der Waals surface area contributed by atoms with E-state index in [-0.39, 0.29) is 42.4 Å². The van der Waals surface area contributed by atoms with Crippen LogP contribution in [0.1, 0.15) is 28.8 Å². The molecular formula is C18H14FNO4. The molecule has 0 saturated carbocycles. The van der Waals surface area contributed by atoms with Crippen LogP contribution in [0, 0.1) is 5.82 Å². The smallest absolute Gasteiger partial charge is 0.338 e. The van der Waals surface area contributed by atoms with Gasteiger partial charge in [0.2, 0.25) is 11.8 Å². The summed E-state index contributed by atoms with van der Waals surface area (Å²) in [5.74, 6) is -1.69. The average molecular weight is 327 g/mol. The molecule has 3 rings (SSSR count). The second kappa shape index (κ2) is 6.62. The summed E-state index contributed by atoms with van der Waals surface area (Å²) < 4.78 is 18.6. The Morgan fingerprint density at radius 2 is 1.75 bits per heavy atom. The number of hydrogen-bond acceptors (Lipinski definition) is 4. The molecule has 0 atom stereocenters. The number of esters is 1. The number of hydrogen-bond donors (Lipinski definition) is 0. The maximum absolute atomic E-state index is 13.5. The molecule has 2 amide bonds. The van der Waals surface area contributed by atoms with Crippen molar-refractivity contribution in [1.82, 2.24) is 0 Å². The third-order valence-corrected chi connectivity index (χ3v) is 3.71. The number of rotatable bonds is 4. The first-order chi connectivity index (χ1) is 11.6. The molecule has 0 aliphatic carbocycles. The van der Waals surface area contributed by atoms with E-state index in [0.29, 0.717) is 5.69 Å². The summed E-state index contributed by atoms with van der Waals surface area (Å²) in [6.07, 6.45) is 0.335. The molecule has 5 nitrogen and oxygen atoms in total. The number of halogens is 1. The zero-order chi connectivity index (χ0) is 17.1. The fourth-order valence-corrected chi connectivity index (χ4v) is 2.48. The van der Waals surface area contributed by atoms with E-state index in [9.17, 15) is 18.8 Å². The van der Waals surface area contributed by atoms with E-state index in [1.807, 2.05) is 0 Å². The molecule has 0 spiro atoms. The Bertz CT molecular complexity index is 802. The first kappa shape index (κ1) is 15.9. The molecule has 2 aromatic rings. The van der Waals surface area contributed by atoms with Gasteiger partial charge in [0.1, 0.15) is 12.4 Å². The van der Waals surface area contributed by atoms with Crippen molar-refractivity contribution in [2.75, 3.05) is 4.90 Å². The van der Waals surface area contributed by atoms with Crippen LogP contribution < -0.4 is 4.90 Å². The number of ether oxygens (including phenoxy) is 1. The van der Waals surface area contributed by atoms with Gasteiger partial charge in [0.15, 0.2) is 0 Å². The summed E-state index contributed by atoms with van der Waals surface area (Å²) in [7, 11) is 0. The van der Waals surface area contributed by atoms with Crippen molar-refractivity contribution in [3.05, 3.63) is 65.5 Å².